The molecule has 0 atom stereocenters. The third kappa shape index (κ3) is 4.90. The predicted molar refractivity (Wildman–Crippen MR) is 41.8 cm³/mol. The zero-order valence-corrected chi connectivity index (χ0v) is 8.31. The highest BCUT2D eigenvalue weighted by atomic mass is 32.5. The SMILES string of the molecule is CN(C)P(F)(F)=NP(F)(F)=S. The zero-order valence-electron chi connectivity index (χ0n) is 5.71. The minimum atomic E-state index is -5.13. The Morgan fingerprint density at radius 1 is 1.18 bits per heavy atom. The van der Waals surface area contributed by atoms with Crippen LogP contribution in [0.2, 0.25) is 0 Å². The maximum atomic E-state index is 12.4. The summed E-state index contributed by atoms with van der Waals surface area (Å²) >= 11 is 3.48. The number of halogens is 4. The highest BCUT2D eigenvalue weighted by molar-refractivity contribution is 8.09. The quantitative estimate of drug-likeness (QED) is 0.530. The fourth-order valence-corrected chi connectivity index (χ4v) is 2.64. The van der Waals surface area contributed by atoms with Crippen molar-refractivity contribution in [1.29, 1.82) is 0 Å². The van der Waals surface area contributed by atoms with Crippen LogP contribution in [0.4, 0.5) is 16.8 Å². The van der Waals surface area contributed by atoms with Crippen molar-refractivity contribution in [2.24, 2.45) is 4.52 Å². The molecule has 0 aromatic carbocycles. The molecular weight excluding hydrogens is 222 g/mol. The lowest BCUT2D eigenvalue weighted by molar-refractivity contribution is 0.541. The van der Waals surface area contributed by atoms with Gasteiger partial charge in [0.25, 0.3) is 0 Å². The Hall–Kier alpha value is 0.560. The maximum Gasteiger partial charge on any atom is 0.388 e. The molecule has 0 aliphatic rings. The Morgan fingerprint density at radius 2 is 1.55 bits per heavy atom. The molecule has 0 spiro atoms. The first-order chi connectivity index (χ1) is 4.65. The van der Waals surface area contributed by atoms with Gasteiger partial charge in [-0.2, -0.15) is 16.8 Å². The Kier molecular flexibility index (Phi) is 3.70. The predicted octanol–water partition coefficient (Wildman–Crippen LogP) is 3.60. The number of rotatable bonds is 2. The Morgan fingerprint density at radius 3 is 1.64 bits per heavy atom. The molecule has 0 saturated heterocycles. The van der Waals surface area contributed by atoms with E-state index in [2.05, 4.69) is 11.8 Å². The zero-order chi connectivity index (χ0) is 9.28. The molecule has 2 nitrogen and oxygen atoms in total. The van der Waals surface area contributed by atoms with Gasteiger partial charge < -0.3 is 0 Å². The molecule has 9 heteroatoms. The molecule has 0 saturated carbocycles. The van der Waals surface area contributed by atoms with E-state index in [1.54, 1.807) is 0 Å². The summed E-state index contributed by atoms with van der Waals surface area (Å²) in [7, 11) is -3.01. The van der Waals surface area contributed by atoms with E-state index < -0.39 is 14.6 Å². The smallest absolute Gasteiger partial charge is 0.225 e. The van der Waals surface area contributed by atoms with Gasteiger partial charge in [0.2, 0.25) is 0 Å². The summed E-state index contributed by atoms with van der Waals surface area (Å²) in [4.78, 5) is 0. The van der Waals surface area contributed by atoms with E-state index in [1.807, 2.05) is 4.52 Å². The normalized spacial score (nSPS) is 13.7. The molecule has 0 heterocycles. The summed E-state index contributed by atoms with van der Waals surface area (Å²) in [6.45, 7) is -5.13. The van der Waals surface area contributed by atoms with Crippen LogP contribution in [-0.2, 0) is 11.8 Å². The molecule has 0 N–H and O–H groups in total. The van der Waals surface area contributed by atoms with E-state index in [1.165, 1.54) is 0 Å². The average molecular weight is 228 g/mol. The van der Waals surface area contributed by atoms with E-state index in [-0.39, 0.29) is 0 Å². The van der Waals surface area contributed by atoms with Crippen molar-refractivity contribution in [3.63, 3.8) is 0 Å². The van der Waals surface area contributed by atoms with Gasteiger partial charge in [-0.1, -0.05) is 0 Å². The lowest BCUT2D eigenvalue weighted by Gasteiger charge is -2.12. The molecule has 0 aromatic rings. The topological polar surface area (TPSA) is 15.6 Å². The van der Waals surface area contributed by atoms with Gasteiger partial charge in [-0.05, 0) is 25.9 Å². The van der Waals surface area contributed by atoms with E-state index in [0.29, 0.717) is 4.67 Å². The van der Waals surface area contributed by atoms with Crippen LogP contribution >= 0.6 is 14.6 Å². The number of hydrogen-bond donors (Lipinski definition) is 0. The maximum absolute atomic E-state index is 12.4. The van der Waals surface area contributed by atoms with Crippen molar-refractivity contribution in [3.05, 3.63) is 0 Å². The van der Waals surface area contributed by atoms with Crippen molar-refractivity contribution in [3.8, 4) is 0 Å². The monoisotopic (exact) mass is 228 g/mol. The second-order valence-corrected chi connectivity index (χ2v) is 6.44. The second-order valence-electron chi connectivity index (χ2n) is 1.83. The van der Waals surface area contributed by atoms with E-state index in [0.717, 1.165) is 14.1 Å². The first-order valence-corrected chi connectivity index (χ1v) is 6.37. The molecular formula is C2H6F4N2P2S. The highest BCUT2D eigenvalue weighted by Crippen LogP contribution is 2.66. The fourth-order valence-electron chi connectivity index (χ4n) is 0.205. The molecule has 68 valence electrons. The van der Waals surface area contributed by atoms with Gasteiger partial charge in [-0.3, -0.25) is 0 Å². The molecule has 0 aliphatic carbocycles. The molecule has 11 heavy (non-hydrogen) atoms. The van der Waals surface area contributed by atoms with Crippen LogP contribution in [0.15, 0.2) is 4.52 Å². The van der Waals surface area contributed by atoms with Crippen molar-refractivity contribution in [2.75, 3.05) is 14.1 Å². The average Bonchev–Trinajstić information content (AvgIpc) is 1.56. The summed E-state index contributed by atoms with van der Waals surface area (Å²) in [6.07, 6.45) is 0. The molecule has 0 radical (unpaired) electrons. The van der Waals surface area contributed by atoms with E-state index in [4.69, 9.17) is 0 Å². The first-order valence-electron chi connectivity index (χ1n) is 2.35. The minimum Gasteiger partial charge on any atom is -0.225 e. The van der Waals surface area contributed by atoms with Gasteiger partial charge in [-0.15, -0.1) is 4.52 Å². The fraction of sp³-hybridized carbons (Fsp3) is 1.00. The van der Waals surface area contributed by atoms with Crippen LogP contribution < -0.4 is 0 Å². The van der Waals surface area contributed by atoms with Crippen LogP contribution in [0.1, 0.15) is 0 Å². The molecule has 0 unspecified atom stereocenters. The number of hydrogen-bond acceptors (Lipinski definition) is 1. The van der Waals surface area contributed by atoms with Crippen molar-refractivity contribution in [2.45, 2.75) is 0 Å². The largest absolute Gasteiger partial charge is 0.388 e. The highest BCUT2D eigenvalue weighted by Gasteiger charge is 2.26. The van der Waals surface area contributed by atoms with E-state index >= 15 is 0 Å². The van der Waals surface area contributed by atoms with Gasteiger partial charge in [0.1, 0.15) is 0 Å². The molecule has 0 aromatic heterocycles. The van der Waals surface area contributed by atoms with Crippen LogP contribution in [0.5, 0.6) is 0 Å². The summed E-state index contributed by atoms with van der Waals surface area (Å²) < 4.78 is 50.9. The molecule has 0 amide bonds. The van der Waals surface area contributed by atoms with Crippen LogP contribution in [-0.4, -0.2) is 18.8 Å². The summed E-state index contributed by atoms with van der Waals surface area (Å²) in [6, 6.07) is 0. The van der Waals surface area contributed by atoms with Gasteiger partial charge in [0.15, 0.2) is 0 Å². The van der Waals surface area contributed by atoms with Gasteiger partial charge in [0.05, 0.1) is 0 Å². The van der Waals surface area contributed by atoms with Crippen molar-refractivity contribution >= 4 is 26.4 Å². The van der Waals surface area contributed by atoms with Crippen LogP contribution in [0.3, 0.4) is 0 Å². The minimum absolute atomic E-state index is 0.382. The lowest BCUT2D eigenvalue weighted by atomic mass is 11.3. The Labute approximate surface area is 67.2 Å². The van der Waals surface area contributed by atoms with Gasteiger partial charge in [0, 0.05) is 0 Å². The van der Waals surface area contributed by atoms with Crippen molar-refractivity contribution < 1.29 is 16.8 Å². The van der Waals surface area contributed by atoms with Gasteiger partial charge >= 0.3 is 14.6 Å². The third-order valence-electron chi connectivity index (χ3n) is 0.693. The second kappa shape index (κ2) is 3.52. The van der Waals surface area contributed by atoms with Crippen molar-refractivity contribution in [1.82, 2.24) is 4.67 Å². The summed E-state index contributed by atoms with van der Waals surface area (Å²) in [5.74, 6) is 0. The molecule has 0 rings (SSSR count). The molecule has 0 fully saturated rings. The Balaban J connectivity index is 4.83. The summed E-state index contributed by atoms with van der Waals surface area (Å²) in [5, 5.41) is 0. The summed E-state index contributed by atoms with van der Waals surface area (Å²) in [5.41, 5.74) is 0. The third-order valence-corrected chi connectivity index (χ3v) is 4.01. The van der Waals surface area contributed by atoms with Crippen LogP contribution in [0.25, 0.3) is 0 Å². The van der Waals surface area contributed by atoms with E-state index in [9.17, 15) is 16.8 Å². The first kappa shape index (κ1) is 11.6. The standard InChI is InChI=1S/C2H6F4N2P2S/c1-8(2)9(3,4)7-10(5,6)11/h1-2H3. The number of nitrogens with zero attached hydrogens (tertiary/aromatic N) is 2. The molecule has 0 bridgehead atoms. The van der Waals surface area contributed by atoms with Gasteiger partial charge in [-0.25, -0.2) is 4.67 Å². The Bertz CT molecular complexity index is 228. The lowest BCUT2D eigenvalue weighted by Crippen LogP contribution is -2.00. The van der Waals surface area contributed by atoms with Crippen LogP contribution in [0, 0.1) is 0 Å². The molecule has 0 aliphatic heterocycles.